The Hall–Kier alpha value is -10.1. The van der Waals surface area contributed by atoms with Crippen molar-refractivity contribution in [1.82, 2.24) is 74.0 Å². The summed E-state index contributed by atoms with van der Waals surface area (Å²) >= 11 is 0. The van der Waals surface area contributed by atoms with E-state index >= 15 is 0 Å². The van der Waals surface area contributed by atoms with E-state index in [1.807, 2.05) is 51.1 Å². The number of alkyl halides is 1. The number of hydrogen-bond acceptors (Lipinski definition) is 32. The van der Waals surface area contributed by atoms with Crippen molar-refractivity contribution in [2.24, 2.45) is 22.9 Å². The van der Waals surface area contributed by atoms with Gasteiger partial charge >= 0.3 is 0 Å². The Morgan fingerprint density at radius 3 is 1.51 bits per heavy atom. The Bertz CT molecular complexity index is 4650. The second-order valence-corrected chi connectivity index (χ2v) is 27.9. The van der Waals surface area contributed by atoms with Gasteiger partial charge in [0.25, 0.3) is 0 Å². The predicted octanol–water partition coefficient (Wildman–Crippen LogP) is -2.18. The highest BCUT2D eigenvalue weighted by atomic mass is 19.1. The molecule has 8 unspecified atom stereocenters. The maximum atomic E-state index is 14.4. The molecule has 7 aromatic heterocycles. The van der Waals surface area contributed by atoms with Gasteiger partial charge in [0, 0.05) is 24.6 Å². The first-order valence-corrected chi connectivity index (χ1v) is 37.2. The number of aliphatic hydroxyl groups excluding tert-OH is 8. The number of fused-ring (bicyclic) bond motifs is 4. The zero-order valence-corrected chi connectivity index (χ0v) is 62.7. The number of imidazole rings is 3. The molecule has 28 N–H and O–H groups in total. The van der Waals surface area contributed by atoms with Crippen LogP contribution in [0.3, 0.4) is 0 Å². The van der Waals surface area contributed by atoms with Crippen LogP contribution in [-0.2, 0) is 44.7 Å². The molecule has 620 valence electrons. The molecule has 4 amide bonds. The van der Waals surface area contributed by atoms with Crippen LogP contribution in [0.25, 0.3) is 44.4 Å². The summed E-state index contributed by atoms with van der Waals surface area (Å²) in [5.74, 6) is -2.22. The van der Waals surface area contributed by atoms with Crippen molar-refractivity contribution in [2.75, 3.05) is 56.0 Å². The highest BCUT2D eigenvalue weighted by Crippen LogP contribution is 2.41. The molecular weight excluding hydrogens is 1500 g/mol. The molecule has 0 saturated carbocycles. The summed E-state index contributed by atoms with van der Waals surface area (Å²) in [6, 6.07) is 8.46. The number of nitrogen functional groups attached to an aromatic ring is 4. The second-order valence-electron chi connectivity index (χ2n) is 27.9. The number of nitrogens with zero attached hydrogens (tertiary/aromatic N) is 12. The molecule has 11 heterocycles. The second kappa shape index (κ2) is 38.8. The molecular formula is C72H101F2N23O17. The van der Waals surface area contributed by atoms with Crippen LogP contribution in [0.1, 0.15) is 103 Å². The fourth-order valence-corrected chi connectivity index (χ4v) is 14.1. The zero-order valence-electron chi connectivity index (χ0n) is 62.7. The minimum atomic E-state index is -1.21. The molecule has 4 fully saturated rings. The summed E-state index contributed by atoms with van der Waals surface area (Å²) < 4.78 is 55.9. The summed E-state index contributed by atoms with van der Waals surface area (Å²) in [5, 5.41) is 99.5. The van der Waals surface area contributed by atoms with Gasteiger partial charge in [-0.25, -0.2) is 39.3 Å². The lowest BCUT2D eigenvalue weighted by atomic mass is 10.0. The molecule has 4 aliphatic rings. The van der Waals surface area contributed by atoms with Crippen LogP contribution in [0.15, 0.2) is 98.5 Å². The molecule has 20 atom stereocenters. The van der Waals surface area contributed by atoms with Crippen molar-refractivity contribution in [1.29, 1.82) is 0 Å². The number of hydrogen-bond donors (Lipinski definition) is 20. The monoisotopic (exact) mass is 1600 g/mol. The van der Waals surface area contributed by atoms with Crippen LogP contribution >= 0.6 is 0 Å². The number of rotatable bonds is 27. The van der Waals surface area contributed by atoms with Gasteiger partial charge in [0.1, 0.15) is 119 Å². The maximum absolute atomic E-state index is 14.4. The Balaban J connectivity index is 0.000000162. The van der Waals surface area contributed by atoms with Gasteiger partial charge in [-0.2, -0.15) is 0 Å². The minimum Gasteiger partial charge on any atom is -0.506 e. The number of amides is 4. The van der Waals surface area contributed by atoms with E-state index in [4.69, 9.17) is 64.8 Å². The fourth-order valence-electron chi connectivity index (χ4n) is 14.1. The van der Waals surface area contributed by atoms with Gasteiger partial charge in [-0.05, 0) is 61.9 Å². The normalized spacial score (nSPS) is 25.6. The zero-order chi connectivity index (χ0) is 82.5. The van der Waals surface area contributed by atoms with Crippen molar-refractivity contribution in [3.63, 3.8) is 0 Å². The lowest BCUT2D eigenvalue weighted by Gasteiger charge is -2.35. The number of aromatic hydroxyl groups is 1. The smallest absolute Gasteiger partial charge is 0.240 e. The van der Waals surface area contributed by atoms with Crippen LogP contribution in [0.4, 0.5) is 31.7 Å². The number of aliphatic hydroxyl groups is 8. The number of pyridine rings is 2. The summed E-state index contributed by atoms with van der Waals surface area (Å²) in [4.78, 5) is 81.4. The first kappa shape index (κ1) is 86.3. The fraction of sp³-hybridized carbons (Fsp3) is 0.514. The number of carbonyl (C=O) groups is 4. The van der Waals surface area contributed by atoms with Crippen molar-refractivity contribution in [3.8, 4) is 5.75 Å². The molecule has 0 aliphatic carbocycles. The summed E-state index contributed by atoms with van der Waals surface area (Å²) in [6.45, 7) is 3.63. The quantitative estimate of drug-likeness (QED) is 0.0243. The Morgan fingerprint density at radius 2 is 0.965 bits per heavy atom. The van der Waals surface area contributed by atoms with E-state index in [1.54, 1.807) is 16.7 Å². The molecule has 0 radical (unpaired) electrons. The van der Waals surface area contributed by atoms with E-state index in [9.17, 15) is 73.9 Å². The lowest BCUT2D eigenvalue weighted by Crippen LogP contribution is -2.54. The van der Waals surface area contributed by atoms with Crippen LogP contribution in [0.2, 0.25) is 0 Å². The first-order valence-electron chi connectivity index (χ1n) is 37.2. The summed E-state index contributed by atoms with van der Waals surface area (Å²) in [6.07, 6.45) is 1.83. The number of ether oxygens (including phenoxy) is 4. The topological polar surface area (TPSA) is 645 Å². The van der Waals surface area contributed by atoms with E-state index in [0.717, 1.165) is 24.8 Å². The molecule has 40 nitrogen and oxygen atoms in total. The number of carbonyl (C=O) groups excluding carboxylic acids is 4. The van der Waals surface area contributed by atoms with E-state index in [2.05, 4.69) is 50.8 Å². The third-order valence-corrected chi connectivity index (χ3v) is 20.1. The molecule has 4 saturated heterocycles. The van der Waals surface area contributed by atoms with Crippen molar-refractivity contribution < 1.29 is 92.9 Å². The lowest BCUT2D eigenvalue weighted by molar-refractivity contribution is -0.140. The summed E-state index contributed by atoms with van der Waals surface area (Å²) in [5.41, 5.74) is 51.5. The van der Waals surface area contributed by atoms with E-state index in [1.165, 1.54) is 74.6 Å². The summed E-state index contributed by atoms with van der Waals surface area (Å²) in [7, 11) is 0. The van der Waals surface area contributed by atoms with Gasteiger partial charge in [0.15, 0.2) is 42.0 Å². The van der Waals surface area contributed by atoms with Gasteiger partial charge in [0.2, 0.25) is 23.6 Å². The number of nitrogens with one attached hydrogen (secondary N) is 3. The Labute approximate surface area is 650 Å². The molecule has 2 aromatic carbocycles. The maximum Gasteiger partial charge on any atom is 0.240 e. The Kier molecular flexibility index (Phi) is 29.4. The predicted molar refractivity (Wildman–Crippen MR) is 408 cm³/mol. The van der Waals surface area contributed by atoms with Crippen molar-refractivity contribution in [2.45, 2.75) is 201 Å². The van der Waals surface area contributed by atoms with Crippen LogP contribution in [0.5, 0.6) is 5.75 Å². The van der Waals surface area contributed by atoms with Gasteiger partial charge in [0.05, 0.1) is 99.2 Å². The third kappa shape index (κ3) is 18.5. The standard InChI is InChI=1S/C22H29N7O4.C17H24FN5O4.C17H25N5O5.C16H23FN6O4/c1-2-6-14(23)21(32)28(9-13-7-4-3-5-8-13)17-18(31)15(10-30)33-22(17)29-12-27-16-19(24)25-11-26-20(16)29;1-2-3-10(20)16(26)22-13-15(25)11(6-24)27-17(13)23-7-21-12-9(19)5-4-8(18)14(12)23;1-2-3-9(19)16(26)21-13-14(25)11(7-23)27-17(13)22-6-10(24)12-8(18)4-5-20-15(12)22;17-4-1-2-9(19)15(26)22-12-13(25)10(6-24)27-16(12)23-7-21-11-8(18)3-5-20-14(11)23/h3-5,7-8,11-12,14-15,17-18,22,30-31H,2,6,9-10,23H2,1H3,(H2,24,25,26);4-5,7,10-11,13,15,17,24-25H,2-3,6,19-20H2,1H3,(H,22,26);4-6,9,11,13-14,17,23-25H,2-3,7,19H2,1H3,(H2,18,20)(H,21,26);3,5,7,9-10,12-13,16,24-25H,1-2,4,6,19H2,(H2,18,20)(H,22,26)/t14?,15-,17?,18+,22-;10?,11-,13?,15+,17-;9?,11-,13?,14+,17-;9?,10-,12?,13+,16-/m1111/s1. The van der Waals surface area contributed by atoms with Crippen molar-refractivity contribution in [3.05, 3.63) is 110 Å². The number of halogens is 2. The van der Waals surface area contributed by atoms with Gasteiger partial charge < -0.3 is 132 Å². The third-order valence-electron chi connectivity index (χ3n) is 20.1. The Morgan fingerprint density at radius 1 is 0.518 bits per heavy atom. The molecule has 9 aromatic rings. The minimum absolute atomic E-state index is 0.0860. The molecule has 4 aliphatic heterocycles. The van der Waals surface area contributed by atoms with E-state index in [0.29, 0.717) is 64.0 Å². The van der Waals surface area contributed by atoms with Crippen LogP contribution in [-0.4, -0.2) is 258 Å². The van der Waals surface area contributed by atoms with E-state index in [-0.39, 0.29) is 53.6 Å². The number of aromatic nitrogens is 11. The molecule has 13 rings (SSSR count). The molecule has 0 bridgehead atoms. The van der Waals surface area contributed by atoms with Gasteiger partial charge in [-0.3, -0.25) is 41.8 Å². The molecule has 0 spiro atoms. The number of benzene rings is 2. The van der Waals surface area contributed by atoms with Gasteiger partial charge in [-0.15, -0.1) is 0 Å². The van der Waals surface area contributed by atoms with Crippen LogP contribution in [0, 0.1) is 5.82 Å². The molecule has 42 heteroatoms. The SMILES string of the molecule is CCCC(N)C(=O)N(Cc1ccccc1)C1[C@@H](O)[C@@H](CO)O[C@H]1n1cnc2c(N)ncnc21.CCCC(N)C(=O)NC1[C@@H](O)[C@@H](CO)O[C@H]1n1cc(O)c2c(N)ccnc21.CCCC(N)C(=O)NC1[C@@H](O)[C@@H](CO)O[C@H]1n1cnc2c(N)ccc(F)c21.Nc1ccnc2c1ncn2[C@@H]1O[C@H](CO)[C@H](O)C1NC(=O)C(N)CCCF. The largest absolute Gasteiger partial charge is 0.506 e. The number of nitrogens with two attached hydrogens (primary N) is 8. The first-order chi connectivity index (χ1) is 54.7. The van der Waals surface area contributed by atoms with E-state index < -0.39 is 179 Å². The highest BCUT2D eigenvalue weighted by molar-refractivity contribution is 5.94. The highest BCUT2D eigenvalue weighted by Gasteiger charge is 2.52. The van der Waals surface area contributed by atoms with Crippen LogP contribution < -0.4 is 61.8 Å². The average molecular weight is 1600 g/mol. The van der Waals surface area contributed by atoms with Gasteiger partial charge in [-0.1, -0.05) is 70.4 Å². The average Bonchev–Trinajstić information content (AvgIpc) is 1.61. The van der Waals surface area contributed by atoms with Crippen molar-refractivity contribution >= 4 is 90.9 Å². The molecule has 114 heavy (non-hydrogen) atoms. The number of anilines is 4.